The van der Waals surface area contributed by atoms with E-state index in [2.05, 4.69) is 43.1 Å². The first kappa shape index (κ1) is 14.0. The molecule has 0 aliphatic heterocycles. The predicted molar refractivity (Wildman–Crippen MR) is 81.4 cm³/mol. The van der Waals surface area contributed by atoms with Crippen molar-refractivity contribution in [3.05, 3.63) is 29.8 Å². The molecular weight excluding hydrogens is 238 g/mol. The molecule has 0 N–H and O–H groups in total. The van der Waals surface area contributed by atoms with Crippen LogP contribution in [-0.4, -0.2) is 30.3 Å². The molecule has 0 spiro atoms. The Morgan fingerprint density at radius 2 is 1.78 bits per heavy atom. The number of nitrogens with zero attached hydrogens (tertiary/aromatic N) is 1. The van der Waals surface area contributed by atoms with Gasteiger partial charge < -0.3 is 4.90 Å². The Morgan fingerprint density at radius 1 is 1.11 bits per heavy atom. The molecule has 0 amide bonds. The Balaban J connectivity index is 1.69. The zero-order valence-electron chi connectivity index (χ0n) is 11.7. The van der Waals surface area contributed by atoms with Crippen LogP contribution in [0.4, 0.5) is 0 Å². The number of thioether (sulfide) groups is 1. The van der Waals surface area contributed by atoms with Crippen LogP contribution >= 0.6 is 11.8 Å². The normalized spacial score (nSPS) is 17.3. The maximum atomic E-state index is 2.57. The van der Waals surface area contributed by atoms with Gasteiger partial charge in [0, 0.05) is 23.2 Å². The monoisotopic (exact) mass is 263 g/mol. The summed E-state index contributed by atoms with van der Waals surface area (Å²) in [6.45, 7) is 3.36. The Bertz CT molecular complexity index is 341. The summed E-state index contributed by atoms with van der Waals surface area (Å²) in [5, 5.41) is 0. The van der Waals surface area contributed by atoms with Gasteiger partial charge in [-0.2, -0.15) is 0 Å². The van der Waals surface area contributed by atoms with Crippen molar-refractivity contribution >= 4 is 11.8 Å². The van der Waals surface area contributed by atoms with Crippen LogP contribution in [0.25, 0.3) is 0 Å². The number of rotatable bonds is 5. The van der Waals surface area contributed by atoms with Crippen molar-refractivity contribution in [1.82, 2.24) is 4.90 Å². The zero-order chi connectivity index (χ0) is 12.8. The smallest absolute Gasteiger partial charge is 0.0108 e. The van der Waals surface area contributed by atoms with Crippen LogP contribution in [0.1, 0.15) is 37.7 Å². The average Bonchev–Trinajstić information content (AvgIpc) is 2.42. The van der Waals surface area contributed by atoms with Gasteiger partial charge >= 0.3 is 0 Å². The molecule has 1 fully saturated rings. The molecule has 100 valence electrons. The van der Waals surface area contributed by atoms with E-state index in [4.69, 9.17) is 0 Å². The van der Waals surface area contributed by atoms with E-state index in [-0.39, 0.29) is 0 Å². The van der Waals surface area contributed by atoms with Crippen LogP contribution < -0.4 is 0 Å². The highest BCUT2D eigenvalue weighted by Crippen LogP contribution is 2.23. The summed E-state index contributed by atoms with van der Waals surface area (Å²) >= 11 is 1.98. The molecule has 1 aromatic rings. The lowest BCUT2D eigenvalue weighted by Crippen LogP contribution is -2.34. The van der Waals surface area contributed by atoms with E-state index >= 15 is 0 Å². The lowest BCUT2D eigenvalue weighted by Gasteiger charge is -2.31. The third-order valence-electron chi connectivity index (χ3n) is 3.93. The van der Waals surface area contributed by atoms with E-state index in [1.165, 1.54) is 54.9 Å². The van der Waals surface area contributed by atoms with Crippen LogP contribution in [0, 0.1) is 6.92 Å². The second-order valence-corrected chi connectivity index (χ2v) is 6.60. The minimum absolute atomic E-state index is 0.845. The molecule has 0 atom stereocenters. The first-order valence-electron chi connectivity index (χ1n) is 7.15. The Hall–Kier alpha value is -0.470. The minimum Gasteiger partial charge on any atom is -0.303 e. The van der Waals surface area contributed by atoms with Gasteiger partial charge in [0.05, 0.1) is 0 Å². The van der Waals surface area contributed by atoms with Gasteiger partial charge in [-0.1, -0.05) is 37.0 Å². The summed E-state index contributed by atoms with van der Waals surface area (Å²) in [4.78, 5) is 3.97. The van der Waals surface area contributed by atoms with Crippen molar-refractivity contribution in [1.29, 1.82) is 0 Å². The molecule has 1 nitrogen and oxygen atoms in total. The molecular formula is C16H25NS. The predicted octanol–water partition coefficient (Wildman–Crippen LogP) is 4.35. The second-order valence-electron chi connectivity index (χ2n) is 5.43. The van der Waals surface area contributed by atoms with Crippen molar-refractivity contribution < 1.29 is 0 Å². The van der Waals surface area contributed by atoms with E-state index in [9.17, 15) is 0 Å². The summed E-state index contributed by atoms with van der Waals surface area (Å²) < 4.78 is 0. The number of hydrogen-bond donors (Lipinski definition) is 0. The van der Waals surface area contributed by atoms with E-state index in [1.54, 1.807) is 0 Å². The van der Waals surface area contributed by atoms with Crippen molar-refractivity contribution in [3.63, 3.8) is 0 Å². The first-order valence-corrected chi connectivity index (χ1v) is 8.14. The summed E-state index contributed by atoms with van der Waals surface area (Å²) in [5.41, 5.74) is 1.35. The third kappa shape index (κ3) is 4.33. The molecule has 0 heterocycles. The van der Waals surface area contributed by atoms with Gasteiger partial charge in [0.15, 0.2) is 0 Å². The highest BCUT2D eigenvalue weighted by atomic mass is 32.2. The topological polar surface area (TPSA) is 3.24 Å². The van der Waals surface area contributed by atoms with Crippen LogP contribution in [0.2, 0.25) is 0 Å². The molecule has 1 aliphatic rings. The van der Waals surface area contributed by atoms with Gasteiger partial charge in [0.1, 0.15) is 0 Å². The minimum atomic E-state index is 0.845. The molecule has 2 heteroatoms. The molecule has 2 rings (SSSR count). The molecule has 0 bridgehead atoms. The second kappa shape index (κ2) is 7.20. The molecule has 1 aromatic carbocycles. The van der Waals surface area contributed by atoms with Crippen molar-refractivity contribution in [2.24, 2.45) is 0 Å². The number of hydrogen-bond acceptors (Lipinski definition) is 2. The first-order chi connectivity index (χ1) is 8.75. The van der Waals surface area contributed by atoms with Crippen LogP contribution in [-0.2, 0) is 0 Å². The molecule has 0 unspecified atom stereocenters. The van der Waals surface area contributed by atoms with Gasteiger partial charge in [0.25, 0.3) is 0 Å². The Kier molecular flexibility index (Phi) is 5.58. The molecule has 18 heavy (non-hydrogen) atoms. The molecule has 0 aromatic heterocycles. The maximum absolute atomic E-state index is 2.57. The van der Waals surface area contributed by atoms with E-state index in [0.717, 1.165) is 6.04 Å². The van der Waals surface area contributed by atoms with Crippen molar-refractivity contribution in [2.45, 2.75) is 50.0 Å². The quantitative estimate of drug-likeness (QED) is 0.727. The van der Waals surface area contributed by atoms with E-state index in [1.807, 2.05) is 11.8 Å². The summed E-state index contributed by atoms with van der Waals surface area (Å²) in [7, 11) is 2.30. The molecule has 1 aliphatic carbocycles. The van der Waals surface area contributed by atoms with Crippen LogP contribution in [0.5, 0.6) is 0 Å². The highest BCUT2D eigenvalue weighted by molar-refractivity contribution is 7.99. The van der Waals surface area contributed by atoms with Crippen molar-refractivity contribution in [3.8, 4) is 0 Å². The molecule has 0 saturated heterocycles. The Morgan fingerprint density at radius 3 is 2.44 bits per heavy atom. The van der Waals surface area contributed by atoms with Gasteiger partial charge in [0.2, 0.25) is 0 Å². The van der Waals surface area contributed by atoms with Gasteiger partial charge in [-0.05, 0) is 38.9 Å². The fourth-order valence-electron chi connectivity index (χ4n) is 2.65. The van der Waals surface area contributed by atoms with Gasteiger partial charge in [-0.3, -0.25) is 0 Å². The molecule has 0 radical (unpaired) electrons. The molecule has 1 saturated carbocycles. The van der Waals surface area contributed by atoms with E-state index in [0.29, 0.717) is 0 Å². The summed E-state index contributed by atoms with van der Waals surface area (Å²) in [6.07, 6.45) is 7.13. The third-order valence-corrected chi connectivity index (χ3v) is 4.92. The number of benzene rings is 1. The summed E-state index contributed by atoms with van der Waals surface area (Å²) in [5.74, 6) is 1.20. The lowest BCUT2D eigenvalue weighted by atomic mass is 9.94. The maximum Gasteiger partial charge on any atom is 0.0108 e. The number of aryl methyl sites for hydroxylation is 1. The fourth-order valence-corrected chi connectivity index (χ4v) is 3.59. The largest absolute Gasteiger partial charge is 0.303 e. The van der Waals surface area contributed by atoms with Gasteiger partial charge in [-0.15, -0.1) is 11.8 Å². The zero-order valence-corrected chi connectivity index (χ0v) is 12.5. The van der Waals surface area contributed by atoms with Gasteiger partial charge in [-0.25, -0.2) is 0 Å². The van der Waals surface area contributed by atoms with E-state index < -0.39 is 0 Å². The lowest BCUT2D eigenvalue weighted by molar-refractivity contribution is 0.202. The Labute approximate surface area is 116 Å². The fraction of sp³-hybridized carbons (Fsp3) is 0.625. The SMILES string of the molecule is Cc1ccc(SCCN(C)C2CCCCC2)cc1. The van der Waals surface area contributed by atoms with Crippen molar-refractivity contribution in [2.75, 3.05) is 19.3 Å². The van der Waals surface area contributed by atoms with Crippen LogP contribution in [0.3, 0.4) is 0 Å². The highest BCUT2D eigenvalue weighted by Gasteiger charge is 2.17. The summed E-state index contributed by atoms with van der Waals surface area (Å²) in [6, 6.07) is 9.72. The standard InChI is InChI=1S/C16H25NS/c1-14-8-10-16(11-9-14)18-13-12-17(2)15-6-4-3-5-7-15/h8-11,15H,3-7,12-13H2,1-2H3. The average molecular weight is 263 g/mol. The van der Waals surface area contributed by atoms with Crippen LogP contribution in [0.15, 0.2) is 29.2 Å².